The maximum atomic E-state index is 12.9. The van der Waals surface area contributed by atoms with E-state index < -0.39 is 18.8 Å². The minimum absolute atomic E-state index is 0.124. The summed E-state index contributed by atoms with van der Waals surface area (Å²) < 4.78 is 37.6. The second kappa shape index (κ2) is 8.73. The van der Waals surface area contributed by atoms with Crippen molar-refractivity contribution in [1.82, 2.24) is 9.80 Å². The van der Waals surface area contributed by atoms with Crippen molar-refractivity contribution < 1.29 is 22.8 Å². The van der Waals surface area contributed by atoms with E-state index in [0.29, 0.717) is 30.2 Å². The van der Waals surface area contributed by atoms with Gasteiger partial charge in [-0.1, -0.05) is 17.7 Å². The Morgan fingerprint density at radius 2 is 1.82 bits per heavy atom. The molecule has 1 aromatic rings. The Bertz CT molecular complexity index is 703. The fourth-order valence-electron chi connectivity index (χ4n) is 3.57. The molecule has 1 aromatic carbocycles. The van der Waals surface area contributed by atoms with E-state index >= 15 is 0 Å². The first kappa shape index (κ1) is 21.0. The number of aryl methyl sites for hydroxylation is 1. The molecule has 2 saturated heterocycles. The number of halogens is 3. The molecule has 0 saturated carbocycles. The SMILES string of the molecule is Cc1ccc(NC(=O)C2CSCN2C(=O)C2CCN(CC(F)(F)F)CC2)cc1. The number of benzene rings is 1. The summed E-state index contributed by atoms with van der Waals surface area (Å²) in [5, 5.41) is 2.85. The van der Waals surface area contributed by atoms with Gasteiger partial charge in [0, 0.05) is 17.4 Å². The molecule has 2 aliphatic heterocycles. The summed E-state index contributed by atoms with van der Waals surface area (Å²) in [6.07, 6.45) is -3.44. The number of carbonyl (C=O) groups excluding carboxylic acids is 2. The normalized spacial score (nSPS) is 21.7. The zero-order valence-electron chi connectivity index (χ0n) is 15.7. The monoisotopic (exact) mass is 415 g/mol. The predicted molar refractivity (Wildman–Crippen MR) is 103 cm³/mol. The van der Waals surface area contributed by atoms with Gasteiger partial charge in [-0.2, -0.15) is 13.2 Å². The van der Waals surface area contributed by atoms with Crippen molar-refractivity contribution in [2.24, 2.45) is 5.92 Å². The molecule has 28 heavy (non-hydrogen) atoms. The van der Waals surface area contributed by atoms with E-state index in [1.54, 1.807) is 4.90 Å². The number of likely N-dealkylation sites (tertiary alicyclic amines) is 1. The van der Waals surface area contributed by atoms with Crippen LogP contribution in [0.25, 0.3) is 0 Å². The summed E-state index contributed by atoms with van der Waals surface area (Å²) in [5.74, 6) is 0.291. The van der Waals surface area contributed by atoms with Crippen molar-refractivity contribution in [3.8, 4) is 0 Å². The quantitative estimate of drug-likeness (QED) is 0.821. The fourth-order valence-corrected chi connectivity index (χ4v) is 4.73. The molecule has 0 spiro atoms. The van der Waals surface area contributed by atoms with Crippen LogP contribution in [-0.4, -0.2) is 65.1 Å². The van der Waals surface area contributed by atoms with Crippen LogP contribution in [0.15, 0.2) is 24.3 Å². The highest BCUT2D eigenvalue weighted by atomic mass is 32.2. The van der Waals surface area contributed by atoms with E-state index in [9.17, 15) is 22.8 Å². The maximum absolute atomic E-state index is 12.9. The number of hydrogen-bond donors (Lipinski definition) is 1. The van der Waals surface area contributed by atoms with E-state index in [1.165, 1.54) is 16.7 Å². The van der Waals surface area contributed by atoms with E-state index in [-0.39, 0.29) is 30.8 Å². The van der Waals surface area contributed by atoms with Gasteiger partial charge in [-0.15, -0.1) is 11.8 Å². The van der Waals surface area contributed by atoms with Crippen molar-refractivity contribution in [3.63, 3.8) is 0 Å². The van der Waals surface area contributed by atoms with Crippen LogP contribution in [0.2, 0.25) is 0 Å². The molecule has 1 atom stereocenters. The van der Waals surface area contributed by atoms with E-state index in [1.807, 2.05) is 31.2 Å². The second-order valence-electron chi connectivity index (χ2n) is 7.34. The van der Waals surface area contributed by atoms with Crippen molar-refractivity contribution >= 4 is 29.3 Å². The van der Waals surface area contributed by atoms with Gasteiger partial charge >= 0.3 is 6.18 Å². The smallest absolute Gasteiger partial charge is 0.324 e. The Morgan fingerprint density at radius 1 is 1.18 bits per heavy atom. The average Bonchev–Trinajstić information content (AvgIpc) is 3.12. The number of nitrogens with one attached hydrogen (secondary N) is 1. The molecule has 2 amide bonds. The summed E-state index contributed by atoms with van der Waals surface area (Å²) >= 11 is 1.52. The van der Waals surface area contributed by atoms with Gasteiger partial charge < -0.3 is 10.2 Å². The van der Waals surface area contributed by atoms with Gasteiger partial charge in [0.15, 0.2) is 0 Å². The van der Waals surface area contributed by atoms with Crippen molar-refractivity contribution in [3.05, 3.63) is 29.8 Å². The van der Waals surface area contributed by atoms with Gasteiger partial charge in [-0.3, -0.25) is 14.5 Å². The summed E-state index contributed by atoms with van der Waals surface area (Å²) in [5.41, 5.74) is 1.77. The number of hydrogen-bond acceptors (Lipinski definition) is 4. The highest BCUT2D eigenvalue weighted by molar-refractivity contribution is 7.99. The van der Waals surface area contributed by atoms with Crippen LogP contribution in [0.3, 0.4) is 0 Å². The first-order valence-corrected chi connectivity index (χ1v) is 10.4. The molecular weight excluding hydrogens is 391 g/mol. The molecule has 0 bridgehead atoms. The van der Waals surface area contributed by atoms with Crippen LogP contribution >= 0.6 is 11.8 Å². The minimum Gasteiger partial charge on any atom is -0.324 e. The highest BCUT2D eigenvalue weighted by Crippen LogP contribution is 2.29. The molecule has 5 nitrogen and oxygen atoms in total. The van der Waals surface area contributed by atoms with Crippen LogP contribution in [-0.2, 0) is 9.59 Å². The highest BCUT2D eigenvalue weighted by Gasteiger charge is 2.39. The lowest BCUT2D eigenvalue weighted by atomic mass is 9.95. The molecule has 0 aliphatic carbocycles. The van der Waals surface area contributed by atoms with E-state index in [4.69, 9.17) is 0 Å². The third-order valence-corrected chi connectivity index (χ3v) is 6.14. The Morgan fingerprint density at radius 3 is 2.43 bits per heavy atom. The molecule has 0 aromatic heterocycles. The van der Waals surface area contributed by atoms with Crippen LogP contribution in [0.4, 0.5) is 18.9 Å². The summed E-state index contributed by atoms with van der Waals surface area (Å²) in [6.45, 7) is 1.52. The Kier molecular flexibility index (Phi) is 6.54. The zero-order chi connectivity index (χ0) is 20.3. The number of alkyl halides is 3. The average molecular weight is 415 g/mol. The van der Waals surface area contributed by atoms with Crippen LogP contribution in [0.5, 0.6) is 0 Å². The number of anilines is 1. The zero-order valence-corrected chi connectivity index (χ0v) is 16.5. The molecule has 1 N–H and O–H groups in total. The Hall–Kier alpha value is -1.74. The van der Waals surface area contributed by atoms with Gasteiger partial charge in [0.1, 0.15) is 6.04 Å². The number of piperidine rings is 1. The first-order valence-electron chi connectivity index (χ1n) is 9.28. The van der Waals surface area contributed by atoms with Gasteiger partial charge in [-0.05, 0) is 45.0 Å². The van der Waals surface area contributed by atoms with Crippen molar-refractivity contribution in [2.75, 3.05) is 36.6 Å². The van der Waals surface area contributed by atoms with E-state index in [0.717, 1.165) is 5.56 Å². The number of rotatable bonds is 4. The Balaban J connectivity index is 1.56. The lowest BCUT2D eigenvalue weighted by Crippen LogP contribution is -2.49. The molecular formula is C19H24F3N3O2S. The number of amides is 2. The summed E-state index contributed by atoms with van der Waals surface area (Å²) in [6, 6.07) is 6.88. The lowest BCUT2D eigenvalue weighted by molar-refractivity contribution is -0.151. The number of thioether (sulfide) groups is 1. The van der Waals surface area contributed by atoms with Crippen LogP contribution in [0.1, 0.15) is 18.4 Å². The molecule has 2 fully saturated rings. The summed E-state index contributed by atoms with van der Waals surface area (Å²) in [7, 11) is 0. The number of nitrogens with zero attached hydrogens (tertiary/aromatic N) is 2. The van der Waals surface area contributed by atoms with Gasteiger partial charge in [0.2, 0.25) is 11.8 Å². The fraction of sp³-hybridized carbons (Fsp3) is 0.579. The van der Waals surface area contributed by atoms with Gasteiger partial charge in [0.05, 0.1) is 12.4 Å². The minimum atomic E-state index is -4.22. The third-order valence-electron chi connectivity index (χ3n) is 5.13. The standard InChI is InChI=1S/C19H24F3N3O2S/c1-13-2-4-15(5-3-13)23-17(26)16-10-28-12-25(16)18(27)14-6-8-24(9-7-14)11-19(20,21)22/h2-5,14,16H,6-12H2,1H3,(H,23,26). The molecule has 2 heterocycles. The Labute approximate surface area is 166 Å². The topological polar surface area (TPSA) is 52.7 Å². The van der Waals surface area contributed by atoms with Crippen LogP contribution < -0.4 is 5.32 Å². The molecule has 3 rings (SSSR count). The number of carbonyl (C=O) groups is 2. The third kappa shape index (κ3) is 5.41. The molecule has 154 valence electrons. The second-order valence-corrected chi connectivity index (χ2v) is 8.34. The molecule has 2 aliphatic rings. The summed E-state index contributed by atoms with van der Waals surface area (Å²) in [4.78, 5) is 28.5. The first-order chi connectivity index (χ1) is 13.2. The van der Waals surface area contributed by atoms with Crippen LogP contribution in [0, 0.1) is 12.8 Å². The van der Waals surface area contributed by atoms with E-state index in [2.05, 4.69) is 5.32 Å². The predicted octanol–water partition coefficient (Wildman–Crippen LogP) is 3.11. The van der Waals surface area contributed by atoms with Crippen molar-refractivity contribution in [1.29, 1.82) is 0 Å². The molecule has 0 radical (unpaired) electrons. The largest absolute Gasteiger partial charge is 0.401 e. The van der Waals surface area contributed by atoms with Gasteiger partial charge in [0.25, 0.3) is 0 Å². The lowest BCUT2D eigenvalue weighted by Gasteiger charge is -2.34. The van der Waals surface area contributed by atoms with Gasteiger partial charge in [-0.25, -0.2) is 0 Å². The maximum Gasteiger partial charge on any atom is 0.401 e. The van der Waals surface area contributed by atoms with Crippen molar-refractivity contribution in [2.45, 2.75) is 32.0 Å². The molecule has 1 unspecified atom stereocenters. The molecule has 9 heteroatoms.